The van der Waals surface area contributed by atoms with Gasteiger partial charge in [0.05, 0.1) is 12.3 Å². The Morgan fingerprint density at radius 1 is 1.75 bits per heavy atom. The Balaban J connectivity index is 2.56. The first-order valence-electron chi connectivity index (χ1n) is 5.11. The quantitative estimate of drug-likeness (QED) is 0.810. The first-order chi connectivity index (χ1) is 7.54. The first kappa shape index (κ1) is 12.9. The number of nitrogens with zero attached hydrogens (tertiary/aromatic N) is 2. The SMILES string of the molecule is CNc1ncc(C(=O)N(C)CCC(C)O)s1. The number of hydrogen-bond donors (Lipinski definition) is 2. The molecule has 1 heterocycles. The highest BCUT2D eigenvalue weighted by Gasteiger charge is 2.15. The molecule has 0 radical (unpaired) electrons. The van der Waals surface area contributed by atoms with Gasteiger partial charge < -0.3 is 15.3 Å². The van der Waals surface area contributed by atoms with Crippen LogP contribution in [-0.2, 0) is 0 Å². The average Bonchev–Trinajstić information content (AvgIpc) is 2.73. The molecule has 0 aromatic carbocycles. The van der Waals surface area contributed by atoms with Crippen LogP contribution < -0.4 is 5.32 Å². The predicted molar refractivity (Wildman–Crippen MR) is 64.9 cm³/mol. The third-order valence-corrected chi connectivity index (χ3v) is 3.16. The van der Waals surface area contributed by atoms with Gasteiger partial charge in [0.15, 0.2) is 5.13 Å². The van der Waals surface area contributed by atoms with Gasteiger partial charge in [0.25, 0.3) is 5.91 Å². The second-order valence-electron chi connectivity index (χ2n) is 3.64. The van der Waals surface area contributed by atoms with Crippen LogP contribution in [0.4, 0.5) is 5.13 Å². The Hall–Kier alpha value is -1.14. The Bertz CT molecular complexity index is 352. The molecular formula is C10H17N3O2S. The van der Waals surface area contributed by atoms with Crippen LogP contribution >= 0.6 is 11.3 Å². The Labute approximate surface area is 99.1 Å². The van der Waals surface area contributed by atoms with E-state index in [1.165, 1.54) is 11.3 Å². The molecule has 5 nitrogen and oxygen atoms in total. The van der Waals surface area contributed by atoms with Gasteiger partial charge in [-0.15, -0.1) is 0 Å². The molecule has 2 N–H and O–H groups in total. The fourth-order valence-corrected chi connectivity index (χ4v) is 1.92. The summed E-state index contributed by atoms with van der Waals surface area (Å²) in [6, 6.07) is 0. The van der Waals surface area contributed by atoms with Gasteiger partial charge in [-0.3, -0.25) is 4.79 Å². The molecule has 0 aliphatic rings. The number of aliphatic hydroxyl groups excluding tert-OH is 1. The number of rotatable bonds is 5. The minimum absolute atomic E-state index is 0.0559. The highest BCUT2D eigenvalue weighted by atomic mass is 32.1. The van der Waals surface area contributed by atoms with E-state index in [0.717, 1.165) is 5.13 Å². The molecule has 0 spiro atoms. The summed E-state index contributed by atoms with van der Waals surface area (Å²) in [6.07, 6.45) is 1.77. The molecule has 0 aliphatic heterocycles. The topological polar surface area (TPSA) is 65.5 Å². The van der Waals surface area contributed by atoms with Gasteiger partial charge in [-0.2, -0.15) is 0 Å². The molecule has 6 heteroatoms. The predicted octanol–water partition coefficient (Wildman–Crippen LogP) is 1.03. The van der Waals surface area contributed by atoms with Crippen LogP contribution in [0, 0.1) is 0 Å². The van der Waals surface area contributed by atoms with Crippen LogP contribution in [0.15, 0.2) is 6.20 Å². The molecule has 1 unspecified atom stereocenters. The van der Waals surface area contributed by atoms with Crippen molar-refractivity contribution in [1.29, 1.82) is 0 Å². The average molecular weight is 243 g/mol. The van der Waals surface area contributed by atoms with Gasteiger partial charge in [0, 0.05) is 20.6 Å². The monoisotopic (exact) mass is 243 g/mol. The zero-order chi connectivity index (χ0) is 12.1. The lowest BCUT2D eigenvalue weighted by Crippen LogP contribution is -2.28. The molecule has 0 bridgehead atoms. The number of carbonyl (C=O) groups is 1. The normalized spacial score (nSPS) is 12.2. The second kappa shape index (κ2) is 5.81. The number of amides is 1. The Morgan fingerprint density at radius 2 is 2.44 bits per heavy atom. The van der Waals surface area contributed by atoms with Crippen molar-refractivity contribution in [3.8, 4) is 0 Å². The minimum atomic E-state index is -0.385. The Morgan fingerprint density at radius 3 is 2.94 bits per heavy atom. The van der Waals surface area contributed by atoms with Gasteiger partial charge in [-0.05, 0) is 13.3 Å². The first-order valence-corrected chi connectivity index (χ1v) is 5.93. The molecule has 1 amide bonds. The van der Waals surface area contributed by atoms with Gasteiger partial charge in [-0.25, -0.2) is 4.98 Å². The maximum atomic E-state index is 11.9. The summed E-state index contributed by atoms with van der Waals surface area (Å²) in [5.74, 6) is -0.0559. The van der Waals surface area contributed by atoms with Gasteiger partial charge in [0.2, 0.25) is 0 Å². The van der Waals surface area contributed by atoms with Gasteiger partial charge in [0.1, 0.15) is 4.88 Å². The zero-order valence-electron chi connectivity index (χ0n) is 9.73. The van der Waals surface area contributed by atoms with E-state index in [0.29, 0.717) is 17.8 Å². The lowest BCUT2D eigenvalue weighted by atomic mass is 10.3. The molecular weight excluding hydrogens is 226 g/mol. The Kier molecular flexibility index (Phi) is 4.70. The fourth-order valence-electron chi connectivity index (χ4n) is 1.16. The number of anilines is 1. The van der Waals surface area contributed by atoms with E-state index in [-0.39, 0.29) is 12.0 Å². The van der Waals surface area contributed by atoms with Crippen LogP contribution in [0.2, 0.25) is 0 Å². The van der Waals surface area contributed by atoms with E-state index in [1.807, 2.05) is 0 Å². The third-order valence-electron chi connectivity index (χ3n) is 2.16. The van der Waals surface area contributed by atoms with E-state index in [1.54, 1.807) is 32.1 Å². The largest absolute Gasteiger partial charge is 0.393 e. The van der Waals surface area contributed by atoms with Crippen molar-refractivity contribution < 1.29 is 9.90 Å². The van der Waals surface area contributed by atoms with E-state index < -0.39 is 0 Å². The number of aromatic nitrogens is 1. The van der Waals surface area contributed by atoms with Crippen LogP contribution in [0.1, 0.15) is 23.0 Å². The molecule has 1 aromatic rings. The van der Waals surface area contributed by atoms with Crippen molar-refractivity contribution in [2.24, 2.45) is 0 Å². The third kappa shape index (κ3) is 3.46. The van der Waals surface area contributed by atoms with E-state index in [9.17, 15) is 4.79 Å². The van der Waals surface area contributed by atoms with Crippen LogP contribution in [0.25, 0.3) is 0 Å². The zero-order valence-corrected chi connectivity index (χ0v) is 10.5. The fraction of sp³-hybridized carbons (Fsp3) is 0.600. The number of hydrogen-bond acceptors (Lipinski definition) is 5. The number of nitrogens with one attached hydrogen (secondary N) is 1. The molecule has 0 saturated heterocycles. The molecule has 0 aliphatic carbocycles. The molecule has 0 saturated carbocycles. The standard InChI is InChI=1S/C10H17N3O2S/c1-7(14)4-5-13(3)9(15)8-6-12-10(11-2)16-8/h6-7,14H,4-5H2,1-3H3,(H,11,12). The molecule has 0 fully saturated rings. The summed E-state index contributed by atoms with van der Waals surface area (Å²) in [7, 11) is 3.49. The second-order valence-corrected chi connectivity index (χ2v) is 4.67. The number of carbonyl (C=O) groups excluding carboxylic acids is 1. The van der Waals surface area contributed by atoms with Crippen molar-refractivity contribution in [3.63, 3.8) is 0 Å². The summed E-state index contributed by atoms with van der Waals surface area (Å²) in [5.41, 5.74) is 0. The van der Waals surface area contributed by atoms with Gasteiger partial charge >= 0.3 is 0 Å². The molecule has 1 aromatic heterocycles. The van der Waals surface area contributed by atoms with Crippen LogP contribution in [0.3, 0.4) is 0 Å². The highest BCUT2D eigenvalue weighted by molar-refractivity contribution is 7.17. The van der Waals surface area contributed by atoms with E-state index in [4.69, 9.17) is 5.11 Å². The van der Waals surface area contributed by atoms with Crippen molar-refractivity contribution in [3.05, 3.63) is 11.1 Å². The van der Waals surface area contributed by atoms with Crippen molar-refractivity contribution in [1.82, 2.24) is 9.88 Å². The summed E-state index contributed by atoms with van der Waals surface area (Å²) in [4.78, 5) is 18.1. The number of thiazole rings is 1. The maximum absolute atomic E-state index is 11.9. The summed E-state index contributed by atoms with van der Waals surface area (Å²) in [5, 5.41) is 12.8. The van der Waals surface area contributed by atoms with Crippen molar-refractivity contribution >= 4 is 22.4 Å². The lowest BCUT2D eigenvalue weighted by molar-refractivity contribution is 0.0773. The molecule has 1 rings (SSSR count). The highest BCUT2D eigenvalue weighted by Crippen LogP contribution is 2.18. The summed E-state index contributed by atoms with van der Waals surface area (Å²) < 4.78 is 0. The van der Waals surface area contributed by atoms with Crippen molar-refractivity contribution in [2.75, 3.05) is 26.0 Å². The minimum Gasteiger partial charge on any atom is -0.393 e. The molecule has 90 valence electrons. The smallest absolute Gasteiger partial charge is 0.265 e. The summed E-state index contributed by atoms with van der Waals surface area (Å²) >= 11 is 1.33. The van der Waals surface area contributed by atoms with Crippen molar-refractivity contribution in [2.45, 2.75) is 19.4 Å². The van der Waals surface area contributed by atoms with Crippen LogP contribution in [-0.4, -0.2) is 47.6 Å². The summed E-state index contributed by atoms with van der Waals surface area (Å²) in [6.45, 7) is 2.26. The number of aliphatic hydroxyl groups is 1. The maximum Gasteiger partial charge on any atom is 0.265 e. The van der Waals surface area contributed by atoms with Gasteiger partial charge in [-0.1, -0.05) is 11.3 Å². The molecule has 16 heavy (non-hydrogen) atoms. The lowest BCUT2D eigenvalue weighted by Gasteiger charge is -2.16. The molecule has 1 atom stereocenters. The van der Waals surface area contributed by atoms with E-state index >= 15 is 0 Å². The van der Waals surface area contributed by atoms with E-state index in [2.05, 4.69) is 10.3 Å². The van der Waals surface area contributed by atoms with Crippen LogP contribution in [0.5, 0.6) is 0 Å².